The van der Waals surface area contributed by atoms with Crippen molar-refractivity contribution in [3.63, 3.8) is 0 Å². The second kappa shape index (κ2) is 9.29. The lowest BCUT2D eigenvalue weighted by Gasteiger charge is -2.36. The molecule has 0 fully saturated rings. The summed E-state index contributed by atoms with van der Waals surface area (Å²) in [5.41, 5.74) is 1.27. The van der Waals surface area contributed by atoms with Crippen molar-refractivity contribution in [1.82, 2.24) is 5.32 Å². The highest BCUT2D eigenvalue weighted by atomic mass is 32.1. The molecule has 1 spiro atoms. The molecule has 5 rings (SSSR count). The number of carboxylic acids is 1. The summed E-state index contributed by atoms with van der Waals surface area (Å²) in [7, 11) is 0. The minimum Gasteiger partial charge on any atom is -0.508 e. The molecule has 1 atom stereocenters. The van der Waals surface area contributed by atoms with Gasteiger partial charge in [0, 0.05) is 41.1 Å². The van der Waals surface area contributed by atoms with E-state index in [0.717, 1.165) is 0 Å². The van der Waals surface area contributed by atoms with Gasteiger partial charge in [-0.25, -0.2) is 4.79 Å². The number of aromatic hydroxyl groups is 2. The number of hydrogen-bond acceptors (Lipinski definition) is 7. The molecule has 2 heterocycles. The van der Waals surface area contributed by atoms with Crippen molar-refractivity contribution in [3.8, 4) is 23.0 Å². The number of fused-ring (bicyclic) bond motifs is 6. The first-order valence-electron chi connectivity index (χ1n) is 11.7. The predicted octanol–water partition coefficient (Wildman–Crippen LogP) is 4.45. The molecule has 37 heavy (non-hydrogen) atoms. The topological polar surface area (TPSA) is 137 Å². The van der Waals surface area contributed by atoms with E-state index in [0.29, 0.717) is 63.9 Å². The molecule has 9 nitrogen and oxygen atoms in total. The number of benzene rings is 3. The third-order valence-corrected chi connectivity index (χ3v) is 6.80. The lowest BCUT2D eigenvalue weighted by Crippen LogP contribution is -2.33. The zero-order chi connectivity index (χ0) is 26.3. The van der Waals surface area contributed by atoms with Crippen LogP contribution in [-0.2, 0) is 15.1 Å². The second-order valence-electron chi connectivity index (χ2n) is 9.06. The van der Waals surface area contributed by atoms with Crippen molar-refractivity contribution in [1.29, 1.82) is 0 Å². The summed E-state index contributed by atoms with van der Waals surface area (Å²) in [6.07, 6.45) is 1.17. The summed E-state index contributed by atoms with van der Waals surface area (Å²) in [4.78, 5) is 24.1. The standard InChI is InChI=1S/C27H24N2O7S/c1-14(24(32)33)3-2-10-28-26(37)29-15-4-7-19-18(11-15)25(34)36-27(19)20-8-5-16(30)12-22(20)35-23-13-17(31)6-9-21(23)27/h4-9,11-14,30-31H,2-3,10H2,1H3,(H,32,33)(H2,28,29,37)/t14-/m0/s1. The third kappa shape index (κ3) is 4.29. The van der Waals surface area contributed by atoms with Gasteiger partial charge in [0.25, 0.3) is 0 Å². The van der Waals surface area contributed by atoms with Gasteiger partial charge in [-0.05, 0) is 61.5 Å². The Morgan fingerprint density at radius 3 is 2.24 bits per heavy atom. The van der Waals surface area contributed by atoms with Crippen LogP contribution in [0.25, 0.3) is 0 Å². The Hall–Kier alpha value is -4.31. The van der Waals surface area contributed by atoms with Gasteiger partial charge in [0.05, 0.1) is 11.5 Å². The van der Waals surface area contributed by atoms with E-state index in [4.69, 9.17) is 26.8 Å². The number of carbonyl (C=O) groups is 2. The molecule has 2 aliphatic rings. The lowest BCUT2D eigenvalue weighted by molar-refractivity contribution is -0.141. The number of esters is 1. The Labute approximate surface area is 217 Å². The zero-order valence-electron chi connectivity index (χ0n) is 19.8. The highest BCUT2D eigenvalue weighted by Gasteiger charge is 2.53. The summed E-state index contributed by atoms with van der Waals surface area (Å²) in [6, 6.07) is 14.4. The van der Waals surface area contributed by atoms with Gasteiger partial charge in [-0.3, -0.25) is 4.79 Å². The number of thiocarbonyl (C=S) groups is 1. The Kier molecular flexibility index (Phi) is 6.12. The minimum absolute atomic E-state index is 0.0139. The van der Waals surface area contributed by atoms with Gasteiger partial charge in [0.2, 0.25) is 0 Å². The smallest absolute Gasteiger partial charge is 0.340 e. The van der Waals surface area contributed by atoms with Gasteiger partial charge >= 0.3 is 11.9 Å². The molecule has 3 aromatic rings. The minimum atomic E-state index is -1.32. The number of anilines is 1. The molecule has 10 heteroatoms. The molecule has 2 aliphatic heterocycles. The van der Waals surface area contributed by atoms with Crippen LogP contribution in [-0.4, -0.2) is 38.9 Å². The number of phenolic OH excluding ortho intramolecular Hbond substituents is 2. The maximum Gasteiger partial charge on any atom is 0.340 e. The molecule has 0 bridgehead atoms. The number of carbonyl (C=O) groups excluding carboxylic acids is 1. The fraction of sp³-hybridized carbons (Fsp3) is 0.222. The van der Waals surface area contributed by atoms with Gasteiger partial charge in [-0.15, -0.1) is 0 Å². The van der Waals surface area contributed by atoms with E-state index >= 15 is 0 Å². The van der Waals surface area contributed by atoms with E-state index in [2.05, 4.69) is 10.6 Å². The van der Waals surface area contributed by atoms with E-state index in [1.165, 1.54) is 24.3 Å². The summed E-state index contributed by atoms with van der Waals surface area (Å²) < 4.78 is 12.0. The van der Waals surface area contributed by atoms with Crippen LogP contribution in [0, 0.1) is 5.92 Å². The van der Waals surface area contributed by atoms with E-state index < -0.39 is 23.5 Å². The first kappa shape index (κ1) is 24.4. The fourth-order valence-corrected chi connectivity index (χ4v) is 4.91. The normalized spacial score (nSPS) is 15.0. The van der Waals surface area contributed by atoms with Gasteiger partial charge in [-0.1, -0.05) is 13.0 Å². The van der Waals surface area contributed by atoms with Crippen LogP contribution < -0.4 is 15.4 Å². The first-order valence-corrected chi connectivity index (χ1v) is 12.1. The molecule has 0 amide bonds. The molecule has 0 saturated heterocycles. The number of hydrogen-bond donors (Lipinski definition) is 5. The molecular weight excluding hydrogens is 496 g/mol. The number of phenols is 2. The summed E-state index contributed by atoms with van der Waals surface area (Å²) in [6.45, 7) is 2.17. The third-order valence-electron chi connectivity index (χ3n) is 6.55. The van der Waals surface area contributed by atoms with E-state index in [1.54, 1.807) is 37.3 Å². The van der Waals surface area contributed by atoms with Crippen LogP contribution in [0.1, 0.15) is 46.8 Å². The number of rotatable bonds is 6. The van der Waals surface area contributed by atoms with Crippen molar-refractivity contribution < 1.29 is 34.4 Å². The van der Waals surface area contributed by atoms with Crippen molar-refractivity contribution >= 4 is 35.0 Å². The molecular formula is C27H24N2O7S. The van der Waals surface area contributed by atoms with Crippen molar-refractivity contribution in [2.75, 3.05) is 11.9 Å². The first-order chi connectivity index (χ1) is 17.7. The second-order valence-corrected chi connectivity index (χ2v) is 9.46. The number of nitrogens with one attached hydrogen (secondary N) is 2. The monoisotopic (exact) mass is 520 g/mol. The highest BCUT2D eigenvalue weighted by Crippen LogP contribution is 2.57. The molecule has 5 N–H and O–H groups in total. The molecule has 0 saturated carbocycles. The average molecular weight is 521 g/mol. The highest BCUT2D eigenvalue weighted by molar-refractivity contribution is 7.80. The van der Waals surface area contributed by atoms with Crippen LogP contribution in [0.5, 0.6) is 23.0 Å². The van der Waals surface area contributed by atoms with Crippen molar-refractivity contribution in [2.24, 2.45) is 5.92 Å². The molecule has 0 radical (unpaired) electrons. The van der Waals surface area contributed by atoms with Gasteiger partial charge < -0.3 is 35.4 Å². The summed E-state index contributed by atoms with van der Waals surface area (Å²) >= 11 is 5.35. The predicted molar refractivity (Wildman–Crippen MR) is 138 cm³/mol. The maximum absolute atomic E-state index is 13.2. The molecule has 0 aromatic heterocycles. The number of aliphatic carboxylic acids is 1. The van der Waals surface area contributed by atoms with E-state index in [1.807, 2.05) is 0 Å². The van der Waals surface area contributed by atoms with Crippen molar-refractivity contribution in [3.05, 3.63) is 76.9 Å². The molecule has 3 aromatic carbocycles. The van der Waals surface area contributed by atoms with E-state index in [9.17, 15) is 19.8 Å². The van der Waals surface area contributed by atoms with Crippen LogP contribution in [0.2, 0.25) is 0 Å². The van der Waals surface area contributed by atoms with Crippen LogP contribution in [0.4, 0.5) is 5.69 Å². The van der Waals surface area contributed by atoms with Gasteiger partial charge in [-0.2, -0.15) is 0 Å². The van der Waals surface area contributed by atoms with Crippen molar-refractivity contribution in [2.45, 2.75) is 25.4 Å². The lowest BCUT2D eigenvalue weighted by atomic mass is 9.77. The maximum atomic E-state index is 13.2. The fourth-order valence-electron chi connectivity index (χ4n) is 4.69. The van der Waals surface area contributed by atoms with Gasteiger partial charge in [0.1, 0.15) is 23.0 Å². The van der Waals surface area contributed by atoms with Crippen LogP contribution in [0.3, 0.4) is 0 Å². The average Bonchev–Trinajstić information content (AvgIpc) is 3.13. The number of carboxylic acid groups (broad SMARTS) is 1. The Balaban J connectivity index is 1.43. The van der Waals surface area contributed by atoms with Gasteiger partial charge in [0.15, 0.2) is 10.7 Å². The molecule has 190 valence electrons. The largest absolute Gasteiger partial charge is 0.508 e. The summed E-state index contributed by atoms with van der Waals surface area (Å²) in [5.74, 6) is -1.20. The molecule has 0 unspecified atom stereocenters. The quantitative estimate of drug-likeness (QED) is 0.180. The van der Waals surface area contributed by atoms with Crippen LogP contribution in [0.15, 0.2) is 54.6 Å². The Bertz CT molecular complexity index is 1390. The van der Waals surface area contributed by atoms with Crippen LogP contribution >= 0.6 is 12.2 Å². The Morgan fingerprint density at radius 2 is 1.62 bits per heavy atom. The Morgan fingerprint density at radius 1 is 1.00 bits per heavy atom. The van der Waals surface area contributed by atoms with E-state index in [-0.39, 0.29) is 11.5 Å². The number of ether oxygens (including phenoxy) is 2. The molecule has 0 aliphatic carbocycles. The summed E-state index contributed by atoms with van der Waals surface area (Å²) in [5, 5.41) is 35.5. The zero-order valence-corrected chi connectivity index (χ0v) is 20.6. The SMILES string of the molecule is C[C@@H](CCCNC(=S)Nc1ccc2c(c1)C(=O)OC21c2ccc(O)cc2Oc2cc(O)ccc21)C(=O)O.